The molecule has 21 heavy (non-hydrogen) atoms. The van der Waals surface area contributed by atoms with Gasteiger partial charge in [0.1, 0.15) is 11.9 Å². The number of aliphatic hydroxyl groups is 1. The highest BCUT2D eigenvalue weighted by Crippen LogP contribution is 2.25. The summed E-state index contributed by atoms with van der Waals surface area (Å²) in [4.78, 5) is 6.79. The van der Waals surface area contributed by atoms with E-state index in [1.54, 1.807) is 6.20 Å². The fourth-order valence-corrected chi connectivity index (χ4v) is 2.67. The molecule has 0 amide bonds. The van der Waals surface area contributed by atoms with Crippen LogP contribution in [-0.2, 0) is 4.74 Å². The number of benzene rings is 1. The van der Waals surface area contributed by atoms with Crippen LogP contribution in [0.15, 0.2) is 42.6 Å². The molecule has 2 aromatic rings. The molecule has 2 heterocycles. The SMILES string of the molecule is Cc1cc([C@H](O)c2ccccc2)cnc1N1CCOCC1. The van der Waals surface area contributed by atoms with Crippen LogP contribution >= 0.6 is 0 Å². The van der Waals surface area contributed by atoms with Crippen LogP contribution in [0.3, 0.4) is 0 Å². The lowest BCUT2D eigenvalue weighted by Crippen LogP contribution is -2.37. The summed E-state index contributed by atoms with van der Waals surface area (Å²) in [5.74, 6) is 0.988. The maximum Gasteiger partial charge on any atom is 0.131 e. The summed E-state index contributed by atoms with van der Waals surface area (Å²) >= 11 is 0. The topological polar surface area (TPSA) is 45.6 Å². The van der Waals surface area contributed by atoms with Gasteiger partial charge in [0.15, 0.2) is 0 Å². The van der Waals surface area contributed by atoms with Gasteiger partial charge >= 0.3 is 0 Å². The molecule has 0 aliphatic carbocycles. The van der Waals surface area contributed by atoms with E-state index in [0.29, 0.717) is 0 Å². The van der Waals surface area contributed by atoms with Gasteiger partial charge in [-0.2, -0.15) is 0 Å². The van der Waals surface area contributed by atoms with Gasteiger partial charge in [-0.3, -0.25) is 0 Å². The van der Waals surface area contributed by atoms with Crippen molar-refractivity contribution in [2.24, 2.45) is 0 Å². The van der Waals surface area contributed by atoms with E-state index in [1.807, 2.05) is 43.3 Å². The fourth-order valence-electron chi connectivity index (χ4n) is 2.67. The van der Waals surface area contributed by atoms with E-state index >= 15 is 0 Å². The number of morpholine rings is 1. The van der Waals surface area contributed by atoms with Crippen molar-refractivity contribution in [3.05, 3.63) is 59.3 Å². The molecule has 4 nitrogen and oxygen atoms in total. The Balaban J connectivity index is 1.83. The van der Waals surface area contributed by atoms with Gasteiger partial charge in [0.2, 0.25) is 0 Å². The maximum absolute atomic E-state index is 10.4. The number of hydrogen-bond donors (Lipinski definition) is 1. The van der Waals surface area contributed by atoms with Crippen LogP contribution in [0.5, 0.6) is 0 Å². The van der Waals surface area contributed by atoms with Gasteiger partial charge in [-0.25, -0.2) is 4.98 Å². The van der Waals surface area contributed by atoms with Crippen molar-refractivity contribution in [1.82, 2.24) is 4.98 Å². The van der Waals surface area contributed by atoms with Crippen molar-refractivity contribution in [1.29, 1.82) is 0 Å². The Bertz CT molecular complexity index is 595. The zero-order valence-electron chi connectivity index (χ0n) is 12.2. The standard InChI is InChI=1S/C17H20N2O2/c1-13-11-15(16(20)14-5-3-2-4-6-14)12-18-17(13)19-7-9-21-10-8-19/h2-6,11-12,16,20H,7-10H2,1H3/t16-/m1/s1. The van der Waals surface area contributed by atoms with Crippen LogP contribution in [0.2, 0.25) is 0 Å². The van der Waals surface area contributed by atoms with Crippen LogP contribution in [-0.4, -0.2) is 36.4 Å². The third-order valence-corrected chi connectivity index (χ3v) is 3.81. The van der Waals surface area contributed by atoms with Gasteiger partial charge in [0.25, 0.3) is 0 Å². The highest BCUT2D eigenvalue weighted by molar-refractivity contribution is 5.48. The largest absolute Gasteiger partial charge is 0.384 e. The van der Waals surface area contributed by atoms with Gasteiger partial charge in [-0.15, -0.1) is 0 Å². The second-order valence-corrected chi connectivity index (χ2v) is 5.32. The van der Waals surface area contributed by atoms with Gasteiger partial charge in [0, 0.05) is 24.8 Å². The Kier molecular flexibility index (Phi) is 4.18. The molecule has 1 aromatic carbocycles. The maximum atomic E-state index is 10.4. The highest BCUT2D eigenvalue weighted by Gasteiger charge is 2.17. The summed E-state index contributed by atoms with van der Waals surface area (Å²) in [6.07, 6.45) is 1.14. The van der Waals surface area contributed by atoms with Crippen LogP contribution in [0.1, 0.15) is 22.8 Å². The Labute approximate surface area is 125 Å². The van der Waals surface area contributed by atoms with Gasteiger partial charge in [-0.05, 0) is 24.1 Å². The van der Waals surface area contributed by atoms with Gasteiger partial charge in [-0.1, -0.05) is 30.3 Å². The minimum atomic E-state index is -0.629. The van der Waals surface area contributed by atoms with Crippen LogP contribution in [0.25, 0.3) is 0 Å². The zero-order valence-corrected chi connectivity index (χ0v) is 12.2. The number of aliphatic hydroxyl groups excluding tert-OH is 1. The third kappa shape index (κ3) is 3.06. The Morgan fingerprint density at radius 1 is 1.14 bits per heavy atom. The summed E-state index contributed by atoms with van der Waals surface area (Å²) < 4.78 is 5.37. The van der Waals surface area contributed by atoms with E-state index in [0.717, 1.165) is 48.8 Å². The molecular weight excluding hydrogens is 264 g/mol. The predicted molar refractivity (Wildman–Crippen MR) is 82.5 cm³/mol. The number of ether oxygens (including phenoxy) is 1. The number of rotatable bonds is 3. The van der Waals surface area contributed by atoms with E-state index in [9.17, 15) is 5.11 Å². The lowest BCUT2D eigenvalue weighted by atomic mass is 10.0. The molecule has 1 saturated heterocycles. The molecule has 0 unspecified atom stereocenters. The van der Waals surface area contributed by atoms with Crippen molar-refractivity contribution >= 4 is 5.82 Å². The van der Waals surface area contributed by atoms with Crippen molar-refractivity contribution in [3.8, 4) is 0 Å². The minimum absolute atomic E-state index is 0.629. The normalized spacial score (nSPS) is 16.8. The summed E-state index contributed by atoms with van der Waals surface area (Å²) in [7, 11) is 0. The summed E-state index contributed by atoms with van der Waals surface area (Å²) in [6, 6.07) is 11.7. The molecule has 3 rings (SSSR count). The molecule has 4 heteroatoms. The first kappa shape index (κ1) is 14.0. The van der Waals surface area contributed by atoms with Gasteiger partial charge < -0.3 is 14.7 Å². The first-order valence-electron chi connectivity index (χ1n) is 7.28. The second kappa shape index (κ2) is 6.24. The minimum Gasteiger partial charge on any atom is -0.384 e. The number of hydrogen-bond acceptors (Lipinski definition) is 4. The van der Waals surface area contributed by atoms with Crippen LogP contribution in [0.4, 0.5) is 5.82 Å². The first-order valence-corrected chi connectivity index (χ1v) is 7.28. The lowest BCUT2D eigenvalue weighted by Gasteiger charge is -2.29. The molecule has 110 valence electrons. The predicted octanol–water partition coefficient (Wildman–Crippen LogP) is 2.31. The van der Waals surface area contributed by atoms with E-state index in [1.165, 1.54) is 0 Å². The van der Waals surface area contributed by atoms with E-state index < -0.39 is 6.10 Å². The molecule has 1 N–H and O–H groups in total. The van der Waals surface area contributed by atoms with Crippen LogP contribution in [0, 0.1) is 6.92 Å². The monoisotopic (exact) mass is 284 g/mol. The quantitative estimate of drug-likeness (QED) is 0.939. The molecule has 0 bridgehead atoms. The van der Waals surface area contributed by atoms with Crippen molar-refractivity contribution in [3.63, 3.8) is 0 Å². The number of aromatic nitrogens is 1. The Morgan fingerprint density at radius 2 is 1.86 bits per heavy atom. The molecule has 0 spiro atoms. The molecule has 1 aromatic heterocycles. The summed E-state index contributed by atoms with van der Waals surface area (Å²) in [5, 5.41) is 10.4. The highest BCUT2D eigenvalue weighted by atomic mass is 16.5. The molecule has 1 aliphatic rings. The van der Waals surface area contributed by atoms with E-state index in [-0.39, 0.29) is 0 Å². The molecule has 0 saturated carbocycles. The summed E-state index contributed by atoms with van der Waals surface area (Å²) in [6.45, 7) is 5.27. The van der Waals surface area contributed by atoms with Crippen molar-refractivity contribution in [2.75, 3.05) is 31.2 Å². The average Bonchev–Trinajstić information content (AvgIpc) is 2.55. The smallest absolute Gasteiger partial charge is 0.131 e. The molecule has 0 radical (unpaired) electrons. The van der Waals surface area contributed by atoms with Crippen molar-refractivity contribution in [2.45, 2.75) is 13.0 Å². The van der Waals surface area contributed by atoms with Crippen LogP contribution < -0.4 is 4.90 Å². The number of pyridine rings is 1. The fraction of sp³-hybridized carbons (Fsp3) is 0.353. The third-order valence-electron chi connectivity index (χ3n) is 3.81. The average molecular weight is 284 g/mol. The molecule has 1 aliphatic heterocycles. The van der Waals surface area contributed by atoms with E-state index in [2.05, 4.69) is 9.88 Å². The van der Waals surface area contributed by atoms with E-state index in [4.69, 9.17) is 4.74 Å². The van der Waals surface area contributed by atoms with Crippen molar-refractivity contribution < 1.29 is 9.84 Å². The second-order valence-electron chi connectivity index (χ2n) is 5.32. The Morgan fingerprint density at radius 3 is 2.52 bits per heavy atom. The number of aryl methyl sites for hydroxylation is 1. The number of nitrogens with zero attached hydrogens (tertiary/aromatic N) is 2. The molecule has 1 fully saturated rings. The summed E-state index contributed by atoms with van der Waals surface area (Å²) in [5.41, 5.74) is 2.80. The molecular formula is C17H20N2O2. The van der Waals surface area contributed by atoms with Gasteiger partial charge in [0.05, 0.1) is 13.2 Å². The zero-order chi connectivity index (χ0) is 14.7. The molecule has 1 atom stereocenters. The first-order chi connectivity index (χ1) is 10.3. The lowest BCUT2D eigenvalue weighted by molar-refractivity contribution is 0.122. The number of anilines is 1. The Hall–Kier alpha value is -1.91.